The molecule has 1 N–H and O–H groups in total. The number of nitrogens with zero attached hydrogens (tertiary/aromatic N) is 2. The quantitative estimate of drug-likeness (QED) is 0.564. The number of carbonyl (C=O) groups is 1. The van der Waals surface area contributed by atoms with Crippen molar-refractivity contribution >= 4 is 28.2 Å². The van der Waals surface area contributed by atoms with Gasteiger partial charge < -0.3 is 10.1 Å². The standard InChI is InChI=1S/C18H15N3O4/c1-2-25-16-9-8-13(11-15(16)21(23)24)18(22)20-14-7-3-5-12-6-4-10-19-17(12)14/h3-11H,2H2,1H3,(H,20,22). The first kappa shape index (κ1) is 16.4. The molecule has 7 nitrogen and oxygen atoms in total. The Kier molecular flexibility index (Phi) is 4.56. The van der Waals surface area contributed by atoms with Crippen molar-refractivity contribution in [3.63, 3.8) is 0 Å². The van der Waals surface area contributed by atoms with E-state index in [-0.39, 0.29) is 17.0 Å². The van der Waals surface area contributed by atoms with Crippen molar-refractivity contribution in [1.29, 1.82) is 0 Å². The second-order valence-corrected chi connectivity index (χ2v) is 5.21. The summed E-state index contributed by atoms with van der Waals surface area (Å²) in [5.41, 5.74) is 1.12. The molecule has 0 saturated carbocycles. The maximum absolute atomic E-state index is 12.5. The van der Waals surface area contributed by atoms with E-state index >= 15 is 0 Å². The second-order valence-electron chi connectivity index (χ2n) is 5.21. The number of pyridine rings is 1. The Morgan fingerprint density at radius 3 is 2.80 bits per heavy atom. The monoisotopic (exact) mass is 337 g/mol. The largest absolute Gasteiger partial charge is 0.487 e. The molecule has 7 heteroatoms. The molecule has 1 amide bonds. The molecule has 25 heavy (non-hydrogen) atoms. The van der Waals surface area contributed by atoms with Crippen LogP contribution in [-0.4, -0.2) is 22.4 Å². The van der Waals surface area contributed by atoms with Crippen molar-refractivity contribution in [1.82, 2.24) is 4.98 Å². The molecule has 3 rings (SSSR count). The maximum atomic E-state index is 12.5. The van der Waals surface area contributed by atoms with Gasteiger partial charge in [0.25, 0.3) is 5.91 Å². The number of nitro benzene ring substituents is 1. The van der Waals surface area contributed by atoms with Crippen LogP contribution in [0, 0.1) is 10.1 Å². The van der Waals surface area contributed by atoms with Crippen molar-refractivity contribution in [3.8, 4) is 5.75 Å². The number of anilines is 1. The lowest BCUT2D eigenvalue weighted by molar-refractivity contribution is -0.385. The van der Waals surface area contributed by atoms with Gasteiger partial charge in [0, 0.05) is 23.2 Å². The third-order valence-corrected chi connectivity index (χ3v) is 3.60. The molecule has 0 fully saturated rings. The highest BCUT2D eigenvalue weighted by Gasteiger charge is 2.19. The summed E-state index contributed by atoms with van der Waals surface area (Å²) in [6.45, 7) is 2.03. The summed E-state index contributed by atoms with van der Waals surface area (Å²) < 4.78 is 5.23. The van der Waals surface area contributed by atoms with Gasteiger partial charge in [0.15, 0.2) is 5.75 Å². The summed E-state index contributed by atoms with van der Waals surface area (Å²) in [5, 5.41) is 14.8. The van der Waals surface area contributed by atoms with Crippen molar-refractivity contribution in [2.75, 3.05) is 11.9 Å². The Balaban J connectivity index is 1.93. The van der Waals surface area contributed by atoms with Gasteiger partial charge in [0.1, 0.15) is 0 Å². The molecule has 0 bridgehead atoms. The molecule has 0 aliphatic rings. The third kappa shape index (κ3) is 3.40. The highest BCUT2D eigenvalue weighted by molar-refractivity contribution is 6.08. The lowest BCUT2D eigenvalue weighted by Crippen LogP contribution is -2.13. The average molecular weight is 337 g/mol. The normalized spacial score (nSPS) is 10.4. The molecule has 1 aromatic heterocycles. The van der Waals surface area contributed by atoms with Crippen LogP contribution in [0.1, 0.15) is 17.3 Å². The Labute approximate surface area is 143 Å². The van der Waals surface area contributed by atoms with Crippen LogP contribution in [0.2, 0.25) is 0 Å². The number of ether oxygens (including phenoxy) is 1. The maximum Gasteiger partial charge on any atom is 0.311 e. The highest BCUT2D eigenvalue weighted by atomic mass is 16.6. The molecule has 0 atom stereocenters. The van der Waals surface area contributed by atoms with Gasteiger partial charge in [-0.3, -0.25) is 19.9 Å². The zero-order valence-corrected chi connectivity index (χ0v) is 13.4. The summed E-state index contributed by atoms with van der Waals surface area (Å²) >= 11 is 0. The van der Waals surface area contributed by atoms with Crippen LogP contribution in [0.5, 0.6) is 5.75 Å². The fourth-order valence-electron chi connectivity index (χ4n) is 2.48. The first-order valence-corrected chi connectivity index (χ1v) is 7.66. The fourth-order valence-corrected chi connectivity index (χ4v) is 2.48. The van der Waals surface area contributed by atoms with E-state index < -0.39 is 10.8 Å². The summed E-state index contributed by atoms with van der Waals surface area (Å²) in [5.74, 6) is -0.319. The lowest BCUT2D eigenvalue weighted by atomic mass is 10.1. The number of amides is 1. The van der Waals surface area contributed by atoms with Gasteiger partial charge in [-0.05, 0) is 31.2 Å². The number of hydrogen-bond acceptors (Lipinski definition) is 5. The van der Waals surface area contributed by atoms with Gasteiger partial charge in [-0.15, -0.1) is 0 Å². The summed E-state index contributed by atoms with van der Waals surface area (Å²) in [6, 6.07) is 13.3. The number of rotatable bonds is 5. The van der Waals surface area contributed by atoms with Gasteiger partial charge >= 0.3 is 5.69 Å². The van der Waals surface area contributed by atoms with E-state index in [9.17, 15) is 14.9 Å². The Morgan fingerprint density at radius 2 is 2.04 bits per heavy atom. The molecule has 0 unspecified atom stereocenters. The number of para-hydroxylation sites is 1. The summed E-state index contributed by atoms with van der Waals surface area (Å²) in [4.78, 5) is 27.4. The van der Waals surface area contributed by atoms with Crippen LogP contribution in [0.15, 0.2) is 54.7 Å². The number of fused-ring (bicyclic) bond motifs is 1. The second kappa shape index (κ2) is 6.96. The van der Waals surface area contributed by atoms with Gasteiger partial charge in [-0.1, -0.05) is 18.2 Å². The minimum Gasteiger partial charge on any atom is -0.487 e. The van der Waals surface area contributed by atoms with Crippen LogP contribution < -0.4 is 10.1 Å². The highest BCUT2D eigenvalue weighted by Crippen LogP contribution is 2.29. The number of benzene rings is 2. The van der Waals surface area contributed by atoms with Crippen LogP contribution in [0.25, 0.3) is 10.9 Å². The van der Waals surface area contributed by atoms with Crippen LogP contribution in [0.3, 0.4) is 0 Å². The number of nitro groups is 1. The molecule has 0 spiro atoms. The third-order valence-electron chi connectivity index (χ3n) is 3.60. The minimum absolute atomic E-state index is 0.135. The van der Waals surface area contributed by atoms with Crippen molar-refractivity contribution < 1.29 is 14.5 Å². The van der Waals surface area contributed by atoms with Gasteiger partial charge in [0.05, 0.1) is 22.7 Å². The Morgan fingerprint density at radius 1 is 1.24 bits per heavy atom. The van der Waals surface area contributed by atoms with E-state index in [1.807, 2.05) is 18.2 Å². The smallest absolute Gasteiger partial charge is 0.311 e. The first-order chi connectivity index (χ1) is 12.1. The fraction of sp³-hybridized carbons (Fsp3) is 0.111. The lowest BCUT2D eigenvalue weighted by Gasteiger charge is -2.09. The van der Waals surface area contributed by atoms with Crippen LogP contribution >= 0.6 is 0 Å². The molecule has 3 aromatic rings. The van der Waals surface area contributed by atoms with Crippen molar-refractivity contribution in [2.45, 2.75) is 6.92 Å². The summed E-state index contributed by atoms with van der Waals surface area (Å²) in [7, 11) is 0. The molecule has 0 aliphatic carbocycles. The predicted octanol–water partition coefficient (Wildman–Crippen LogP) is 3.79. The Hall–Kier alpha value is -3.48. The molecule has 126 valence electrons. The van der Waals surface area contributed by atoms with Crippen LogP contribution in [-0.2, 0) is 0 Å². The van der Waals surface area contributed by atoms with Gasteiger partial charge in [-0.2, -0.15) is 0 Å². The molecule has 2 aromatic carbocycles. The first-order valence-electron chi connectivity index (χ1n) is 7.66. The minimum atomic E-state index is -0.568. The zero-order valence-electron chi connectivity index (χ0n) is 13.4. The number of nitrogens with one attached hydrogen (secondary N) is 1. The van der Waals surface area contributed by atoms with E-state index in [1.165, 1.54) is 18.2 Å². The van der Waals surface area contributed by atoms with E-state index in [1.54, 1.807) is 25.3 Å². The van der Waals surface area contributed by atoms with Gasteiger partial charge in [0.2, 0.25) is 0 Å². The molecule has 1 heterocycles. The van der Waals surface area contributed by atoms with Crippen molar-refractivity contribution in [2.24, 2.45) is 0 Å². The molecule has 0 aliphatic heterocycles. The average Bonchev–Trinajstić information content (AvgIpc) is 2.62. The van der Waals surface area contributed by atoms with E-state index in [0.717, 1.165) is 5.39 Å². The number of hydrogen-bond donors (Lipinski definition) is 1. The van der Waals surface area contributed by atoms with E-state index in [2.05, 4.69) is 10.3 Å². The van der Waals surface area contributed by atoms with E-state index in [4.69, 9.17) is 4.74 Å². The zero-order chi connectivity index (χ0) is 17.8. The van der Waals surface area contributed by atoms with E-state index in [0.29, 0.717) is 17.8 Å². The topological polar surface area (TPSA) is 94.4 Å². The van der Waals surface area contributed by atoms with Crippen LogP contribution in [0.4, 0.5) is 11.4 Å². The number of aromatic nitrogens is 1. The molecular formula is C18H15N3O4. The Bertz CT molecular complexity index is 951. The van der Waals surface area contributed by atoms with Gasteiger partial charge in [-0.25, -0.2) is 0 Å². The molecular weight excluding hydrogens is 322 g/mol. The molecule has 0 radical (unpaired) electrons. The summed E-state index contributed by atoms with van der Waals surface area (Å²) in [6.07, 6.45) is 1.64. The van der Waals surface area contributed by atoms with Crippen molar-refractivity contribution in [3.05, 3.63) is 70.4 Å². The number of carbonyl (C=O) groups excluding carboxylic acids is 1. The molecule has 0 saturated heterocycles. The predicted molar refractivity (Wildman–Crippen MR) is 94.0 cm³/mol. The SMILES string of the molecule is CCOc1ccc(C(=O)Nc2cccc3cccnc23)cc1[N+](=O)[O-].